The maximum Gasteiger partial charge on any atom is 0.387 e. The fourth-order valence-corrected chi connectivity index (χ4v) is 2.96. The average Bonchev–Trinajstić information content (AvgIpc) is 2.42. The van der Waals surface area contributed by atoms with Gasteiger partial charge in [-0.2, -0.15) is 8.78 Å². The Kier molecular flexibility index (Phi) is 5.38. The minimum absolute atomic E-state index is 0.0627. The molecule has 0 aromatic heterocycles. The van der Waals surface area contributed by atoms with Crippen LogP contribution >= 0.6 is 11.6 Å². The van der Waals surface area contributed by atoms with Crippen LogP contribution in [0.4, 0.5) is 8.78 Å². The van der Waals surface area contributed by atoms with E-state index in [-0.39, 0.29) is 5.75 Å². The first-order valence-corrected chi connectivity index (χ1v) is 7.06. The summed E-state index contributed by atoms with van der Waals surface area (Å²) in [6.45, 7) is 3.70. The number of ether oxygens (including phenoxy) is 1. The first kappa shape index (κ1) is 15.3. The summed E-state index contributed by atoms with van der Waals surface area (Å²) in [5.74, 6) is 0.359. The lowest BCUT2D eigenvalue weighted by Gasteiger charge is -2.31. The molecule has 110 valence electrons. The highest BCUT2D eigenvalue weighted by atomic mass is 35.5. The molecule has 1 aromatic rings. The number of hydrogen-bond acceptors (Lipinski definition) is 2. The number of halogens is 3. The van der Waals surface area contributed by atoms with Crippen molar-refractivity contribution in [2.75, 3.05) is 19.6 Å². The topological polar surface area (TPSA) is 12.5 Å². The van der Waals surface area contributed by atoms with Crippen LogP contribution in [-0.4, -0.2) is 31.1 Å². The van der Waals surface area contributed by atoms with E-state index in [1.165, 1.54) is 6.07 Å². The van der Waals surface area contributed by atoms with E-state index in [1.54, 1.807) is 6.07 Å². The third-order valence-electron chi connectivity index (χ3n) is 3.62. The van der Waals surface area contributed by atoms with Gasteiger partial charge < -0.3 is 4.74 Å². The molecule has 0 aliphatic carbocycles. The van der Waals surface area contributed by atoms with Crippen molar-refractivity contribution in [1.29, 1.82) is 0 Å². The van der Waals surface area contributed by atoms with E-state index in [4.69, 9.17) is 11.6 Å². The van der Waals surface area contributed by atoms with Gasteiger partial charge in [0.05, 0.1) is 5.02 Å². The first-order chi connectivity index (χ1) is 9.61. The van der Waals surface area contributed by atoms with Crippen LogP contribution in [0.3, 0.4) is 0 Å². The van der Waals surface area contributed by atoms with Crippen molar-refractivity contribution in [2.24, 2.45) is 0 Å². The van der Waals surface area contributed by atoms with E-state index < -0.39 is 6.61 Å². The van der Waals surface area contributed by atoms with Crippen molar-refractivity contribution < 1.29 is 13.5 Å². The molecule has 1 aromatic carbocycles. The predicted octanol–water partition coefficient (Wildman–Crippen LogP) is 4.31. The minimum atomic E-state index is -2.85. The SMILES string of the molecule is C=CCN1CCC(c2cccc(OC(F)F)c2Cl)CC1. The zero-order chi connectivity index (χ0) is 14.5. The maximum atomic E-state index is 12.3. The lowest BCUT2D eigenvalue weighted by atomic mass is 9.89. The number of piperidine rings is 1. The molecule has 5 heteroatoms. The largest absolute Gasteiger partial charge is 0.433 e. The Bertz CT molecular complexity index is 459. The summed E-state index contributed by atoms with van der Waals surface area (Å²) in [7, 11) is 0. The fraction of sp³-hybridized carbons (Fsp3) is 0.467. The van der Waals surface area contributed by atoms with Gasteiger partial charge in [0.1, 0.15) is 5.75 Å². The molecule has 0 bridgehead atoms. The van der Waals surface area contributed by atoms with Gasteiger partial charge in [-0.3, -0.25) is 4.90 Å². The molecule has 1 saturated heterocycles. The van der Waals surface area contributed by atoms with Crippen molar-refractivity contribution >= 4 is 11.6 Å². The Morgan fingerprint density at radius 1 is 1.40 bits per heavy atom. The van der Waals surface area contributed by atoms with E-state index in [0.717, 1.165) is 38.0 Å². The van der Waals surface area contributed by atoms with Crippen molar-refractivity contribution in [1.82, 2.24) is 4.90 Å². The Morgan fingerprint density at radius 3 is 2.70 bits per heavy atom. The third kappa shape index (κ3) is 3.70. The van der Waals surface area contributed by atoms with Gasteiger partial charge in [0.25, 0.3) is 0 Å². The number of alkyl halides is 2. The van der Waals surface area contributed by atoms with E-state index in [1.807, 2.05) is 12.1 Å². The first-order valence-electron chi connectivity index (χ1n) is 6.68. The molecule has 1 aliphatic rings. The van der Waals surface area contributed by atoms with E-state index in [2.05, 4.69) is 16.2 Å². The van der Waals surface area contributed by atoms with Crippen LogP contribution in [0.2, 0.25) is 5.02 Å². The van der Waals surface area contributed by atoms with Gasteiger partial charge >= 0.3 is 6.61 Å². The summed E-state index contributed by atoms with van der Waals surface area (Å²) < 4.78 is 29.1. The Labute approximate surface area is 123 Å². The molecule has 0 amide bonds. The number of nitrogens with zero attached hydrogens (tertiary/aromatic N) is 1. The van der Waals surface area contributed by atoms with Crippen molar-refractivity contribution in [2.45, 2.75) is 25.4 Å². The molecule has 1 heterocycles. The van der Waals surface area contributed by atoms with E-state index >= 15 is 0 Å². The Hall–Kier alpha value is -1.13. The van der Waals surface area contributed by atoms with Crippen LogP contribution in [0.5, 0.6) is 5.75 Å². The molecule has 1 fully saturated rings. The van der Waals surface area contributed by atoms with Gasteiger partial charge in [0.15, 0.2) is 0 Å². The van der Waals surface area contributed by atoms with Crippen molar-refractivity contribution in [3.05, 3.63) is 41.4 Å². The zero-order valence-electron chi connectivity index (χ0n) is 11.2. The lowest BCUT2D eigenvalue weighted by Crippen LogP contribution is -2.33. The quantitative estimate of drug-likeness (QED) is 0.752. The second-order valence-electron chi connectivity index (χ2n) is 4.90. The van der Waals surface area contributed by atoms with Crippen LogP contribution in [0.25, 0.3) is 0 Å². The highest BCUT2D eigenvalue weighted by molar-refractivity contribution is 6.32. The van der Waals surface area contributed by atoms with E-state index in [0.29, 0.717) is 10.9 Å². The van der Waals surface area contributed by atoms with Crippen LogP contribution in [0.15, 0.2) is 30.9 Å². The Balaban J connectivity index is 2.08. The molecule has 20 heavy (non-hydrogen) atoms. The average molecular weight is 302 g/mol. The second kappa shape index (κ2) is 7.04. The fourth-order valence-electron chi connectivity index (χ4n) is 2.64. The van der Waals surface area contributed by atoms with Crippen LogP contribution in [0, 0.1) is 0 Å². The molecule has 0 N–H and O–H groups in total. The number of rotatable bonds is 5. The lowest BCUT2D eigenvalue weighted by molar-refractivity contribution is -0.0498. The third-order valence-corrected chi connectivity index (χ3v) is 4.03. The van der Waals surface area contributed by atoms with Gasteiger partial charge in [-0.15, -0.1) is 6.58 Å². The van der Waals surface area contributed by atoms with E-state index in [9.17, 15) is 8.78 Å². The summed E-state index contributed by atoms with van der Waals surface area (Å²) in [6, 6.07) is 5.09. The van der Waals surface area contributed by atoms with Crippen molar-refractivity contribution in [3.8, 4) is 5.75 Å². The molecule has 0 spiro atoms. The summed E-state index contributed by atoms with van der Waals surface area (Å²) in [4.78, 5) is 2.32. The molecule has 2 rings (SSSR count). The molecule has 0 radical (unpaired) electrons. The van der Waals surface area contributed by atoms with Crippen LogP contribution in [0.1, 0.15) is 24.3 Å². The van der Waals surface area contributed by atoms with Gasteiger partial charge in [-0.25, -0.2) is 0 Å². The van der Waals surface area contributed by atoms with Gasteiger partial charge in [0, 0.05) is 6.54 Å². The molecular weight excluding hydrogens is 284 g/mol. The van der Waals surface area contributed by atoms with Gasteiger partial charge in [-0.1, -0.05) is 29.8 Å². The highest BCUT2D eigenvalue weighted by Crippen LogP contribution is 2.38. The minimum Gasteiger partial charge on any atom is -0.433 e. The normalized spacial score (nSPS) is 17.4. The van der Waals surface area contributed by atoms with Gasteiger partial charge in [-0.05, 0) is 43.5 Å². The maximum absolute atomic E-state index is 12.3. The number of likely N-dealkylation sites (tertiary alicyclic amines) is 1. The smallest absolute Gasteiger partial charge is 0.387 e. The number of hydrogen-bond donors (Lipinski definition) is 0. The summed E-state index contributed by atoms with van der Waals surface area (Å²) in [6.07, 6.45) is 3.82. The monoisotopic (exact) mass is 301 g/mol. The van der Waals surface area contributed by atoms with Crippen molar-refractivity contribution in [3.63, 3.8) is 0 Å². The number of benzene rings is 1. The van der Waals surface area contributed by atoms with Crippen LogP contribution < -0.4 is 4.74 Å². The molecule has 0 atom stereocenters. The highest BCUT2D eigenvalue weighted by Gasteiger charge is 2.23. The summed E-state index contributed by atoms with van der Waals surface area (Å²) in [5, 5.41) is 0.315. The molecule has 0 unspecified atom stereocenters. The standard InChI is InChI=1S/C15H18ClF2NO/c1-2-8-19-9-6-11(7-10-19)12-4-3-5-13(14(12)16)20-15(17)18/h2-5,11,15H,1,6-10H2. The van der Waals surface area contributed by atoms with Gasteiger partial charge in [0.2, 0.25) is 0 Å². The predicted molar refractivity (Wildman–Crippen MR) is 76.7 cm³/mol. The zero-order valence-corrected chi connectivity index (χ0v) is 12.0. The molecule has 0 saturated carbocycles. The molecule has 2 nitrogen and oxygen atoms in total. The summed E-state index contributed by atoms with van der Waals surface area (Å²) >= 11 is 6.20. The van der Waals surface area contributed by atoms with Crippen LogP contribution in [-0.2, 0) is 0 Å². The second-order valence-corrected chi connectivity index (χ2v) is 5.28. The molecular formula is C15H18ClF2NO. The summed E-state index contributed by atoms with van der Waals surface area (Å²) in [5.41, 5.74) is 0.906. The Morgan fingerprint density at radius 2 is 2.10 bits per heavy atom. The molecule has 1 aliphatic heterocycles.